The molecule has 2 heterocycles. The van der Waals surface area contributed by atoms with Crippen LogP contribution in [0.1, 0.15) is 84.0 Å². The van der Waals surface area contributed by atoms with Crippen LogP contribution in [0.2, 0.25) is 0 Å². The molecular weight excluding hydrogens is 256 g/mol. The van der Waals surface area contributed by atoms with Crippen molar-refractivity contribution in [3.8, 4) is 0 Å². The topological polar surface area (TPSA) is 15.3 Å². The molecule has 0 amide bonds. The first kappa shape index (κ1) is 17.3. The molecule has 1 unspecified atom stereocenters. The lowest BCUT2D eigenvalue weighted by Crippen LogP contribution is -2.44. The van der Waals surface area contributed by atoms with E-state index in [1.54, 1.807) is 0 Å². The summed E-state index contributed by atoms with van der Waals surface area (Å²) in [5.74, 6) is 0.976. The molecule has 0 aromatic rings. The van der Waals surface area contributed by atoms with Gasteiger partial charge >= 0.3 is 0 Å². The van der Waals surface area contributed by atoms with Gasteiger partial charge < -0.3 is 10.2 Å². The van der Waals surface area contributed by atoms with E-state index in [-0.39, 0.29) is 0 Å². The number of nitrogens with one attached hydrogen (secondary N) is 1. The maximum atomic E-state index is 3.54. The van der Waals surface area contributed by atoms with Crippen LogP contribution < -0.4 is 5.32 Å². The Kier molecular flexibility index (Phi) is 8.73. The van der Waals surface area contributed by atoms with Gasteiger partial charge in [-0.05, 0) is 64.2 Å². The fourth-order valence-electron chi connectivity index (χ4n) is 4.33. The zero-order chi connectivity index (χ0) is 14.8. The maximum absolute atomic E-state index is 3.54. The van der Waals surface area contributed by atoms with Crippen molar-refractivity contribution in [3.05, 3.63) is 0 Å². The summed E-state index contributed by atoms with van der Waals surface area (Å²) in [4.78, 5) is 2.89. The van der Waals surface area contributed by atoms with Gasteiger partial charge in [0.05, 0.1) is 0 Å². The summed E-state index contributed by atoms with van der Waals surface area (Å²) in [5.41, 5.74) is 0. The van der Waals surface area contributed by atoms with Gasteiger partial charge in [-0.25, -0.2) is 0 Å². The zero-order valence-corrected chi connectivity index (χ0v) is 14.4. The van der Waals surface area contributed by atoms with Crippen molar-refractivity contribution in [2.75, 3.05) is 26.2 Å². The van der Waals surface area contributed by atoms with Crippen LogP contribution in [0.3, 0.4) is 0 Å². The van der Waals surface area contributed by atoms with Crippen LogP contribution in [-0.2, 0) is 0 Å². The van der Waals surface area contributed by atoms with Gasteiger partial charge in [0.2, 0.25) is 0 Å². The molecule has 1 N–H and O–H groups in total. The van der Waals surface area contributed by atoms with Crippen molar-refractivity contribution in [1.82, 2.24) is 10.2 Å². The Labute approximate surface area is 133 Å². The van der Waals surface area contributed by atoms with Gasteiger partial charge in [0, 0.05) is 6.04 Å². The van der Waals surface area contributed by atoms with Crippen molar-refractivity contribution in [2.24, 2.45) is 5.92 Å². The van der Waals surface area contributed by atoms with Crippen LogP contribution in [0.25, 0.3) is 0 Å². The average molecular weight is 295 g/mol. The molecule has 2 nitrogen and oxygen atoms in total. The second-order valence-corrected chi connectivity index (χ2v) is 7.31. The van der Waals surface area contributed by atoms with Crippen LogP contribution in [-0.4, -0.2) is 37.1 Å². The van der Waals surface area contributed by atoms with E-state index >= 15 is 0 Å². The van der Waals surface area contributed by atoms with Gasteiger partial charge in [-0.3, -0.25) is 0 Å². The van der Waals surface area contributed by atoms with Crippen LogP contribution in [0.4, 0.5) is 0 Å². The molecule has 2 heteroatoms. The molecule has 0 saturated carbocycles. The van der Waals surface area contributed by atoms with Crippen LogP contribution in [0, 0.1) is 5.92 Å². The Balaban J connectivity index is 1.73. The quantitative estimate of drug-likeness (QED) is 0.659. The largest absolute Gasteiger partial charge is 0.317 e. The third kappa shape index (κ3) is 6.28. The van der Waals surface area contributed by atoms with Crippen molar-refractivity contribution >= 4 is 0 Å². The summed E-state index contributed by atoms with van der Waals surface area (Å²) >= 11 is 0. The molecule has 0 aliphatic carbocycles. The van der Waals surface area contributed by atoms with Crippen molar-refractivity contribution in [1.29, 1.82) is 0 Å². The van der Waals surface area contributed by atoms with Crippen molar-refractivity contribution in [2.45, 2.75) is 90.0 Å². The third-order valence-electron chi connectivity index (χ3n) is 5.64. The fraction of sp³-hybridized carbons (Fsp3) is 1.00. The first-order valence-corrected chi connectivity index (χ1v) is 9.86. The minimum Gasteiger partial charge on any atom is -0.317 e. The highest BCUT2D eigenvalue weighted by Gasteiger charge is 2.29. The predicted octanol–water partition coefficient (Wildman–Crippen LogP) is 4.59. The van der Waals surface area contributed by atoms with Crippen LogP contribution in [0.5, 0.6) is 0 Å². The lowest BCUT2D eigenvalue weighted by Gasteiger charge is -2.38. The number of rotatable bonds is 8. The van der Waals surface area contributed by atoms with Crippen molar-refractivity contribution < 1.29 is 0 Å². The van der Waals surface area contributed by atoms with Crippen LogP contribution in [0.15, 0.2) is 0 Å². The maximum Gasteiger partial charge on any atom is 0.0124 e. The lowest BCUT2D eigenvalue weighted by molar-refractivity contribution is 0.120. The molecule has 2 aliphatic heterocycles. The number of likely N-dealkylation sites (tertiary alicyclic amines) is 1. The summed E-state index contributed by atoms with van der Waals surface area (Å²) in [5, 5.41) is 3.54. The van der Waals surface area contributed by atoms with Crippen molar-refractivity contribution in [3.63, 3.8) is 0 Å². The molecule has 0 aromatic carbocycles. The van der Waals surface area contributed by atoms with E-state index in [4.69, 9.17) is 0 Å². The molecule has 2 aliphatic rings. The normalized spacial score (nSPS) is 25.9. The van der Waals surface area contributed by atoms with E-state index in [2.05, 4.69) is 17.1 Å². The van der Waals surface area contributed by atoms with Gasteiger partial charge in [0.1, 0.15) is 0 Å². The SMILES string of the molecule is CCCCCCCCN1CCCCCC1C1CCNCC1. The number of hydrogen-bond donors (Lipinski definition) is 1. The molecule has 0 bridgehead atoms. The fourth-order valence-corrected chi connectivity index (χ4v) is 4.33. The number of piperidine rings is 1. The molecule has 0 radical (unpaired) electrons. The Morgan fingerprint density at radius 1 is 0.857 bits per heavy atom. The first-order valence-electron chi connectivity index (χ1n) is 9.86. The second-order valence-electron chi connectivity index (χ2n) is 7.31. The predicted molar refractivity (Wildman–Crippen MR) is 92.8 cm³/mol. The number of unbranched alkanes of at least 4 members (excludes halogenated alkanes) is 5. The summed E-state index contributed by atoms with van der Waals surface area (Å²) in [6.07, 6.45) is 17.3. The minimum atomic E-state index is 0.908. The molecule has 0 aromatic heterocycles. The molecule has 21 heavy (non-hydrogen) atoms. The summed E-state index contributed by atoms with van der Waals surface area (Å²) in [7, 11) is 0. The minimum absolute atomic E-state index is 0.908. The van der Waals surface area contributed by atoms with Gasteiger partial charge in [-0.15, -0.1) is 0 Å². The first-order chi connectivity index (χ1) is 10.4. The Morgan fingerprint density at radius 2 is 1.62 bits per heavy atom. The smallest absolute Gasteiger partial charge is 0.0124 e. The Morgan fingerprint density at radius 3 is 2.43 bits per heavy atom. The van der Waals surface area contributed by atoms with Gasteiger partial charge in [-0.2, -0.15) is 0 Å². The van der Waals surface area contributed by atoms with E-state index < -0.39 is 0 Å². The highest BCUT2D eigenvalue weighted by Crippen LogP contribution is 2.28. The zero-order valence-electron chi connectivity index (χ0n) is 14.4. The molecule has 2 saturated heterocycles. The van der Waals surface area contributed by atoms with E-state index in [0.717, 1.165) is 12.0 Å². The van der Waals surface area contributed by atoms with E-state index in [9.17, 15) is 0 Å². The van der Waals surface area contributed by atoms with Gasteiger partial charge in [0.15, 0.2) is 0 Å². The molecule has 2 fully saturated rings. The number of hydrogen-bond acceptors (Lipinski definition) is 2. The summed E-state index contributed by atoms with van der Waals surface area (Å²) in [6, 6.07) is 0.908. The highest BCUT2D eigenvalue weighted by atomic mass is 15.2. The molecule has 2 rings (SSSR count). The molecule has 0 spiro atoms. The van der Waals surface area contributed by atoms with Crippen LogP contribution >= 0.6 is 0 Å². The highest BCUT2D eigenvalue weighted by molar-refractivity contribution is 4.84. The molecule has 1 atom stereocenters. The van der Waals surface area contributed by atoms with E-state index in [1.807, 2.05) is 0 Å². The van der Waals surface area contributed by atoms with E-state index in [1.165, 1.54) is 103 Å². The Bertz CT molecular complexity index is 248. The number of nitrogens with zero attached hydrogens (tertiary/aromatic N) is 1. The second kappa shape index (κ2) is 10.6. The standard InChI is InChI=1S/C19H38N2/c1-2-3-4-5-6-9-16-21-17-10-7-8-11-19(21)18-12-14-20-15-13-18/h18-20H,2-17H2,1H3. The molecule has 124 valence electrons. The summed E-state index contributed by atoms with van der Waals surface area (Å²) in [6.45, 7) is 7.57. The Hall–Kier alpha value is -0.0800. The lowest BCUT2D eigenvalue weighted by atomic mass is 9.86. The van der Waals surface area contributed by atoms with E-state index in [0.29, 0.717) is 0 Å². The van der Waals surface area contributed by atoms with Gasteiger partial charge in [0.25, 0.3) is 0 Å². The molecular formula is C19H38N2. The third-order valence-corrected chi connectivity index (χ3v) is 5.64. The van der Waals surface area contributed by atoms with Gasteiger partial charge in [-0.1, -0.05) is 51.9 Å². The average Bonchev–Trinajstić information content (AvgIpc) is 2.77. The summed E-state index contributed by atoms with van der Waals surface area (Å²) < 4.78 is 0. The monoisotopic (exact) mass is 294 g/mol.